The Morgan fingerprint density at radius 1 is 1.67 bits per heavy atom. The van der Waals surface area contributed by atoms with Crippen LogP contribution in [-0.2, 0) is 9.09 Å². The standard InChI is InChI=1S/C3H5O5P/c4-3(5)1-2-8-9(6)7/h1H,2H2,(H2-,4,5,6,7)/p+1. The van der Waals surface area contributed by atoms with Crippen molar-refractivity contribution in [3.8, 4) is 0 Å². The van der Waals surface area contributed by atoms with Crippen molar-refractivity contribution in [3.05, 3.63) is 12.0 Å². The number of rotatable bonds is 3. The summed E-state index contributed by atoms with van der Waals surface area (Å²) in [7, 11) is -2.65. The van der Waals surface area contributed by atoms with Gasteiger partial charge >= 0.3 is 8.25 Å². The van der Waals surface area contributed by atoms with Gasteiger partial charge in [0.2, 0.25) is 0 Å². The molecule has 0 bridgehead atoms. The average molecular weight is 153 g/mol. The van der Waals surface area contributed by atoms with Crippen LogP contribution in [0, 0.1) is 0 Å². The fourth-order valence-electron chi connectivity index (χ4n) is 0.176. The maximum absolute atomic E-state index is 9.71. The molecule has 1 unspecified atom stereocenters. The molecule has 0 aliphatic heterocycles. The third-order valence-electron chi connectivity index (χ3n) is 0.451. The van der Waals surface area contributed by atoms with Gasteiger partial charge in [-0.05, 0) is 0 Å². The first-order chi connectivity index (χ1) is 4.13. The normalized spacial score (nSPS) is 10.6. The largest absolute Gasteiger partial charge is 0.695 e. The molecule has 1 atom stereocenters. The van der Waals surface area contributed by atoms with Crippen molar-refractivity contribution in [1.29, 1.82) is 0 Å². The quantitative estimate of drug-likeness (QED) is 0.408. The predicted molar refractivity (Wildman–Crippen MR) is 29.1 cm³/mol. The molecule has 6 heteroatoms. The van der Waals surface area contributed by atoms with Gasteiger partial charge in [-0.3, -0.25) is 0 Å². The van der Waals surface area contributed by atoms with Crippen molar-refractivity contribution in [3.63, 3.8) is 0 Å². The highest BCUT2D eigenvalue weighted by Gasteiger charge is 2.09. The highest BCUT2D eigenvalue weighted by atomic mass is 31.1. The Bertz CT molecular complexity index is 126. The maximum atomic E-state index is 9.71. The van der Waals surface area contributed by atoms with E-state index in [-0.39, 0.29) is 6.61 Å². The molecule has 0 aromatic rings. The molecule has 0 rings (SSSR count). The molecule has 0 aliphatic rings. The van der Waals surface area contributed by atoms with Gasteiger partial charge in [-0.2, -0.15) is 0 Å². The molecule has 0 aliphatic carbocycles. The molecule has 0 radical (unpaired) electrons. The fourth-order valence-corrected chi connectivity index (χ4v) is 0.378. The van der Waals surface area contributed by atoms with Crippen molar-refractivity contribution in [1.82, 2.24) is 0 Å². The van der Waals surface area contributed by atoms with Gasteiger partial charge in [0.05, 0.1) is 0 Å². The van der Waals surface area contributed by atoms with E-state index < -0.39 is 14.2 Å². The monoisotopic (exact) mass is 153 g/mol. The number of hydrogen-bond acceptors (Lipinski definition) is 4. The van der Waals surface area contributed by atoms with E-state index in [1.54, 1.807) is 0 Å². The lowest BCUT2D eigenvalue weighted by molar-refractivity contribution is 0.184. The van der Waals surface area contributed by atoms with Gasteiger partial charge < -0.3 is 10.2 Å². The van der Waals surface area contributed by atoms with Crippen molar-refractivity contribution in [2.24, 2.45) is 0 Å². The Morgan fingerprint density at radius 3 is 2.56 bits per heavy atom. The van der Waals surface area contributed by atoms with Crippen molar-refractivity contribution in [2.75, 3.05) is 6.61 Å². The Kier molecular flexibility index (Phi) is 3.96. The van der Waals surface area contributed by atoms with E-state index in [9.17, 15) is 4.57 Å². The molecule has 0 aromatic carbocycles. The SMILES string of the molecule is O=[P+](O)OCC=C(O)O. The number of aliphatic hydroxyl groups excluding tert-OH is 1. The molecule has 9 heavy (non-hydrogen) atoms. The molecule has 0 saturated carbocycles. The lowest BCUT2D eigenvalue weighted by Gasteiger charge is -1.81. The van der Waals surface area contributed by atoms with E-state index in [1.165, 1.54) is 0 Å². The van der Waals surface area contributed by atoms with Gasteiger partial charge in [0.1, 0.15) is 6.61 Å². The summed E-state index contributed by atoms with van der Waals surface area (Å²) < 4.78 is 13.7. The molecule has 5 nitrogen and oxygen atoms in total. The minimum atomic E-state index is -2.65. The lowest BCUT2D eigenvalue weighted by Crippen LogP contribution is -1.83. The van der Waals surface area contributed by atoms with Crippen LogP contribution in [-0.4, -0.2) is 21.7 Å². The van der Waals surface area contributed by atoms with Crippen molar-refractivity contribution < 1.29 is 24.2 Å². The lowest BCUT2D eigenvalue weighted by atomic mass is 10.7. The molecule has 0 saturated heterocycles. The van der Waals surface area contributed by atoms with E-state index in [1.807, 2.05) is 0 Å². The summed E-state index contributed by atoms with van der Waals surface area (Å²) in [5.74, 6) is -0.924. The molecule has 0 aromatic heterocycles. The minimum Gasteiger partial charge on any atom is -0.481 e. The topological polar surface area (TPSA) is 87.0 Å². The third kappa shape index (κ3) is 7.36. The first-order valence-electron chi connectivity index (χ1n) is 2.00. The van der Waals surface area contributed by atoms with Crippen LogP contribution >= 0.6 is 8.25 Å². The molecule has 0 fully saturated rings. The Labute approximate surface area is 52.2 Å². The molecule has 0 heterocycles. The van der Waals surface area contributed by atoms with Crippen LogP contribution < -0.4 is 0 Å². The van der Waals surface area contributed by atoms with Gasteiger partial charge in [-0.25, -0.2) is 0 Å². The second-order valence-corrected chi connectivity index (χ2v) is 1.83. The highest BCUT2D eigenvalue weighted by molar-refractivity contribution is 7.32. The number of hydrogen-bond donors (Lipinski definition) is 3. The molecule has 3 N–H and O–H groups in total. The summed E-state index contributed by atoms with van der Waals surface area (Å²) in [6, 6.07) is 0. The van der Waals surface area contributed by atoms with Gasteiger partial charge in [0, 0.05) is 10.6 Å². The molecule has 52 valence electrons. The van der Waals surface area contributed by atoms with E-state index in [0.717, 1.165) is 6.08 Å². The van der Waals surface area contributed by atoms with Crippen LogP contribution in [0.1, 0.15) is 0 Å². The van der Waals surface area contributed by atoms with Crippen LogP contribution in [0.3, 0.4) is 0 Å². The second kappa shape index (κ2) is 4.26. The maximum Gasteiger partial charge on any atom is 0.695 e. The third-order valence-corrected chi connectivity index (χ3v) is 0.821. The van der Waals surface area contributed by atoms with Gasteiger partial charge in [0.25, 0.3) is 5.95 Å². The summed E-state index contributed by atoms with van der Waals surface area (Å²) in [5.41, 5.74) is 0. The zero-order chi connectivity index (χ0) is 7.28. The average Bonchev–Trinajstić information content (AvgIpc) is 1.63. The first-order valence-corrected chi connectivity index (χ1v) is 3.13. The van der Waals surface area contributed by atoms with Gasteiger partial charge in [-0.1, -0.05) is 0 Å². The highest BCUT2D eigenvalue weighted by Crippen LogP contribution is 2.13. The van der Waals surface area contributed by atoms with Crippen molar-refractivity contribution in [2.45, 2.75) is 0 Å². The van der Waals surface area contributed by atoms with E-state index in [2.05, 4.69) is 4.52 Å². The Hall–Kier alpha value is -0.640. The van der Waals surface area contributed by atoms with E-state index in [0.29, 0.717) is 0 Å². The van der Waals surface area contributed by atoms with Crippen molar-refractivity contribution >= 4 is 8.25 Å². The Balaban J connectivity index is 3.31. The van der Waals surface area contributed by atoms with Crippen LogP contribution in [0.15, 0.2) is 12.0 Å². The van der Waals surface area contributed by atoms with Gasteiger partial charge in [-0.15, -0.1) is 9.42 Å². The van der Waals surface area contributed by atoms with E-state index >= 15 is 0 Å². The smallest absolute Gasteiger partial charge is 0.481 e. The predicted octanol–water partition coefficient (Wildman–Crippen LogP) is 0.610. The summed E-state index contributed by atoms with van der Waals surface area (Å²) >= 11 is 0. The van der Waals surface area contributed by atoms with Crippen LogP contribution in [0.5, 0.6) is 0 Å². The zero-order valence-electron chi connectivity index (χ0n) is 4.39. The number of aliphatic hydroxyl groups is 2. The molecular formula is C3H6O5P+. The summed E-state index contributed by atoms with van der Waals surface area (Å²) in [6.45, 7) is -0.284. The summed E-state index contributed by atoms with van der Waals surface area (Å²) in [5, 5.41) is 16.1. The second-order valence-electron chi connectivity index (χ2n) is 1.10. The summed E-state index contributed by atoms with van der Waals surface area (Å²) in [6.07, 6.45) is 0.851. The molecule has 0 amide bonds. The van der Waals surface area contributed by atoms with Crippen LogP contribution in [0.25, 0.3) is 0 Å². The fraction of sp³-hybridized carbons (Fsp3) is 0.333. The Morgan fingerprint density at radius 2 is 2.22 bits per heavy atom. The van der Waals surface area contributed by atoms with Crippen LogP contribution in [0.4, 0.5) is 0 Å². The zero-order valence-corrected chi connectivity index (χ0v) is 5.28. The van der Waals surface area contributed by atoms with Crippen LogP contribution in [0.2, 0.25) is 0 Å². The molecule has 0 spiro atoms. The van der Waals surface area contributed by atoms with E-state index in [4.69, 9.17) is 15.1 Å². The van der Waals surface area contributed by atoms with Gasteiger partial charge in [0.15, 0.2) is 0 Å². The molecular weight excluding hydrogens is 147 g/mol. The minimum absolute atomic E-state index is 0.284. The summed E-state index contributed by atoms with van der Waals surface area (Å²) in [4.78, 5) is 7.96. The first kappa shape index (κ1) is 8.36.